The molecule has 1 heterocycles. The first-order valence-corrected chi connectivity index (χ1v) is 7.42. The molecule has 1 aliphatic carbocycles. The lowest BCUT2D eigenvalue weighted by Gasteiger charge is -2.19. The standard InChI is InChI=1S/C16H22N2O2/c1-11(17-13-4-5-13)9-12-3-6-15-14(10-12)18(2)16(19)7-8-20-15/h3,6,10-11,13,17H,4-5,7-9H2,1-2H3. The second kappa shape index (κ2) is 5.44. The molecule has 1 fully saturated rings. The van der Waals surface area contributed by atoms with Gasteiger partial charge in [0.15, 0.2) is 0 Å². The number of rotatable bonds is 4. The van der Waals surface area contributed by atoms with Gasteiger partial charge in [0.2, 0.25) is 5.91 Å². The molecular weight excluding hydrogens is 252 g/mol. The monoisotopic (exact) mass is 274 g/mol. The van der Waals surface area contributed by atoms with Crippen molar-refractivity contribution in [3.05, 3.63) is 23.8 Å². The lowest BCUT2D eigenvalue weighted by molar-refractivity contribution is -0.118. The third-order valence-electron chi connectivity index (χ3n) is 3.97. The molecule has 2 aliphatic rings. The minimum Gasteiger partial charge on any atom is -0.491 e. The van der Waals surface area contributed by atoms with Gasteiger partial charge in [0.25, 0.3) is 0 Å². The van der Waals surface area contributed by atoms with Gasteiger partial charge in [-0.25, -0.2) is 0 Å². The first kappa shape index (κ1) is 13.4. The minimum atomic E-state index is 0.116. The van der Waals surface area contributed by atoms with Crippen LogP contribution >= 0.6 is 0 Å². The van der Waals surface area contributed by atoms with Crippen LogP contribution in [0.3, 0.4) is 0 Å². The van der Waals surface area contributed by atoms with E-state index in [2.05, 4.69) is 24.4 Å². The number of hydrogen-bond donors (Lipinski definition) is 1. The lowest BCUT2D eigenvalue weighted by atomic mass is 10.1. The maximum absolute atomic E-state index is 11.9. The van der Waals surface area contributed by atoms with Crippen LogP contribution in [-0.2, 0) is 11.2 Å². The summed E-state index contributed by atoms with van der Waals surface area (Å²) in [4.78, 5) is 13.6. The predicted octanol–water partition coefficient (Wildman–Crippen LogP) is 2.11. The van der Waals surface area contributed by atoms with Crippen molar-refractivity contribution in [3.8, 4) is 5.75 Å². The van der Waals surface area contributed by atoms with E-state index in [1.165, 1.54) is 18.4 Å². The smallest absolute Gasteiger partial charge is 0.230 e. The maximum atomic E-state index is 11.9. The van der Waals surface area contributed by atoms with Crippen LogP contribution < -0.4 is 15.0 Å². The van der Waals surface area contributed by atoms with Gasteiger partial charge in [-0.1, -0.05) is 6.07 Å². The van der Waals surface area contributed by atoms with E-state index in [1.54, 1.807) is 4.90 Å². The van der Waals surface area contributed by atoms with Crippen LogP contribution in [0.25, 0.3) is 0 Å². The van der Waals surface area contributed by atoms with Crippen molar-refractivity contribution >= 4 is 11.6 Å². The number of anilines is 1. The normalized spacial score (nSPS) is 20.1. The number of hydrogen-bond acceptors (Lipinski definition) is 3. The van der Waals surface area contributed by atoms with Gasteiger partial charge in [-0.3, -0.25) is 4.79 Å². The van der Waals surface area contributed by atoms with Gasteiger partial charge in [-0.2, -0.15) is 0 Å². The molecule has 1 amide bonds. The zero-order chi connectivity index (χ0) is 14.1. The van der Waals surface area contributed by atoms with Crippen molar-refractivity contribution < 1.29 is 9.53 Å². The molecule has 0 spiro atoms. The molecule has 1 unspecified atom stereocenters. The second-order valence-electron chi connectivity index (χ2n) is 5.90. The van der Waals surface area contributed by atoms with E-state index in [4.69, 9.17) is 4.74 Å². The fourth-order valence-electron chi connectivity index (χ4n) is 2.69. The molecule has 1 aliphatic heterocycles. The Morgan fingerprint density at radius 3 is 3.00 bits per heavy atom. The second-order valence-corrected chi connectivity index (χ2v) is 5.90. The third kappa shape index (κ3) is 2.96. The van der Waals surface area contributed by atoms with Crippen LogP contribution in [0, 0.1) is 0 Å². The highest BCUT2D eigenvalue weighted by Gasteiger charge is 2.23. The molecule has 4 nitrogen and oxygen atoms in total. The number of benzene rings is 1. The molecule has 4 heteroatoms. The topological polar surface area (TPSA) is 41.6 Å². The minimum absolute atomic E-state index is 0.116. The van der Waals surface area contributed by atoms with Crippen molar-refractivity contribution in [2.45, 2.75) is 44.7 Å². The number of nitrogens with zero attached hydrogens (tertiary/aromatic N) is 1. The molecule has 108 valence electrons. The number of carbonyl (C=O) groups is 1. The summed E-state index contributed by atoms with van der Waals surface area (Å²) in [6.45, 7) is 2.69. The Bertz CT molecular complexity index is 511. The van der Waals surface area contributed by atoms with Crippen molar-refractivity contribution in [2.75, 3.05) is 18.6 Å². The van der Waals surface area contributed by atoms with Crippen molar-refractivity contribution in [1.29, 1.82) is 0 Å². The summed E-state index contributed by atoms with van der Waals surface area (Å²) in [5.41, 5.74) is 2.14. The maximum Gasteiger partial charge on any atom is 0.230 e. The van der Waals surface area contributed by atoms with Gasteiger partial charge in [0.05, 0.1) is 18.7 Å². The van der Waals surface area contributed by atoms with Crippen LogP contribution in [0.2, 0.25) is 0 Å². The fraction of sp³-hybridized carbons (Fsp3) is 0.562. The van der Waals surface area contributed by atoms with Crippen LogP contribution in [0.1, 0.15) is 31.7 Å². The number of amides is 1. The Hall–Kier alpha value is -1.55. The Labute approximate surface area is 120 Å². The zero-order valence-electron chi connectivity index (χ0n) is 12.2. The van der Waals surface area contributed by atoms with Gasteiger partial charge in [0.1, 0.15) is 5.75 Å². The van der Waals surface area contributed by atoms with Gasteiger partial charge in [0, 0.05) is 19.1 Å². The average Bonchev–Trinajstić information content (AvgIpc) is 3.23. The summed E-state index contributed by atoms with van der Waals surface area (Å²) >= 11 is 0. The average molecular weight is 274 g/mol. The van der Waals surface area contributed by atoms with Crippen molar-refractivity contribution in [1.82, 2.24) is 5.32 Å². The molecule has 1 saturated carbocycles. The van der Waals surface area contributed by atoms with E-state index in [0.29, 0.717) is 19.1 Å². The molecule has 0 radical (unpaired) electrons. The summed E-state index contributed by atoms with van der Waals surface area (Å²) in [6, 6.07) is 7.37. The Morgan fingerprint density at radius 1 is 1.45 bits per heavy atom. The largest absolute Gasteiger partial charge is 0.491 e. The molecule has 0 bridgehead atoms. The molecule has 1 N–H and O–H groups in total. The first-order valence-electron chi connectivity index (χ1n) is 7.42. The molecule has 1 atom stereocenters. The molecule has 0 aromatic heterocycles. The summed E-state index contributed by atoms with van der Waals surface area (Å²) in [5.74, 6) is 0.926. The zero-order valence-corrected chi connectivity index (χ0v) is 12.2. The molecule has 0 saturated heterocycles. The fourth-order valence-corrected chi connectivity index (χ4v) is 2.69. The Kier molecular flexibility index (Phi) is 3.66. The van der Waals surface area contributed by atoms with Gasteiger partial charge < -0.3 is 15.0 Å². The predicted molar refractivity (Wildman–Crippen MR) is 79.3 cm³/mol. The molecule has 20 heavy (non-hydrogen) atoms. The number of nitrogens with one attached hydrogen (secondary N) is 1. The number of carbonyl (C=O) groups excluding carboxylic acids is 1. The van der Waals surface area contributed by atoms with Gasteiger partial charge in [-0.05, 0) is 43.9 Å². The van der Waals surface area contributed by atoms with Gasteiger partial charge >= 0.3 is 0 Å². The van der Waals surface area contributed by atoms with Crippen molar-refractivity contribution in [3.63, 3.8) is 0 Å². The number of ether oxygens (including phenoxy) is 1. The van der Waals surface area contributed by atoms with Crippen molar-refractivity contribution in [2.24, 2.45) is 0 Å². The summed E-state index contributed by atoms with van der Waals surface area (Å²) in [7, 11) is 1.82. The Balaban J connectivity index is 1.76. The van der Waals surface area contributed by atoms with E-state index < -0.39 is 0 Å². The molecule has 1 aromatic carbocycles. The van der Waals surface area contributed by atoms with E-state index in [1.807, 2.05) is 13.1 Å². The van der Waals surface area contributed by atoms with E-state index in [-0.39, 0.29) is 5.91 Å². The van der Waals surface area contributed by atoms with Crippen LogP contribution in [-0.4, -0.2) is 31.6 Å². The quantitative estimate of drug-likeness (QED) is 0.914. The molecule has 3 rings (SSSR count). The van der Waals surface area contributed by atoms with Crippen LogP contribution in [0.15, 0.2) is 18.2 Å². The highest BCUT2D eigenvalue weighted by Crippen LogP contribution is 2.32. The summed E-state index contributed by atoms with van der Waals surface area (Å²) in [6.07, 6.45) is 4.03. The van der Waals surface area contributed by atoms with Crippen LogP contribution in [0.5, 0.6) is 5.75 Å². The lowest BCUT2D eigenvalue weighted by Crippen LogP contribution is -2.30. The van der Waals surface area contributed by atoms with E-state index >= 15 is 0 Å². The van der Waals surface area contributed by atoms with Crippen LogP contribution in [0.4, 0.5) is 5.69 Å². The van der Waals surface area contributed by atoms with Gasteiger partial charge in [-0.15, -0.1) is 0 Å². The van der Waals surface area contributed by atoms with E-state index in [9.17, 15) is 4.79 Å². The Morgan fingerprint density at radius 2 is 2.25 bits per heavy atom. The molecule has 1 aromatic rings. The molecular formula is C16H22N2O2. The third-order valence-corrected chi connectivity index (χ3v) is 3.97. The SMILES string of the molecule is CC(Cc1ccc2c(c1)N(C)C(=O)CCO2)NC1CC1. The summed E-state index contributed by atoms with van der Waals surface area (Å²) < 4.78 is 5.65. The summed E-state index contributed by atoms with van der Waals surface area (Å²) in [5, 5.41) is 3.60. The number of fused-ring (bicyclic) bond motifs is 1. The first-order chi connectivity index (χ1) is 9.63. The highest BCUT2D eigenvalue weighted by atomic mass is 16.5. The highest BCUT2D eigenvalue weighted by molar-refractivity contribution is 5.95. The van der Waals surface area contributed by atoms with E-state index in [0.717, 1.165) is 23.9 Å².